The number of esters is 1. The van der Waals surface area contributed by atoms with Gasteiger partial charge < -0.3 is 9.84 Å². The summed E-state index contributed by atoms with van der Waals surface area (Å²) in [6.07, 6.45) is 1.14. The Morgan fingerprint density at radius 3 is 2.54 bits per heavy atom. The van der Waals surface area contributed by atoms with Gasteiger partial charge in [-0.15, -0.1) is 0 Å². The Morgan fingerprint density at radius 1 is 1.27 bits per heavy atom. The molecule has 0 aromatic heterocycles. The van der Waals surface area contributed by atoms with E-state index in [2.05, 4.69) is 18.8 Å². The summed E-state index contributed by atoms with van der Waals surface area (Å²) in [5.74, 6) is -1.22. The van der Waals surface area contributed by atoms with Crippen LogP contribution < -0.4 is 0 Å². The van der Waals surface area contributed by atoms with Crippen molar-refractivity contribution in [3.63, 3.8) is 0 Å². The van der Waals surface area contributed by atoms with Crippen LogP contribution in [-0.4, -0.2) is 29.2 Å². The maximum Gasteiger partial charge on any atom is 0.315 e. The van der Waals surface area contributed by atoms with Crippen LogP contribution in [0.4, 0.5) is 0 Å². The van der Waals surface area contributed by atoms with Gasteiger partial charge in [-0.05, 0) is 43.4 Å². The number of carbonyl (C=O) groups is 2. The molecule has 0 amide bonds. The fourth-order valence-corrected chi connectivity index (χ4v) is 4.02. The van der Waals surface area contributed by atoms with Crippen molar-refractivity contribution in [2.45, 2.75) is 46.5 Å². The molecule has 1 aliphatic heterocycles. The van der Waals surface area contributed by atoms with Crippen LogP contribution in [0.3, 0.4) is 0 Å². The predicted octanol–water partition coefficient (Wildman–Crippen LogP) is 3.77. The number of rotatable bonds is 3. The van der Waals surface area contributed by atoms with E-state index in [4.69, 9.17) is 4.74 Å². The quantitative estimate of drug-likeness (QED) is 0.837. The first-order valence-corrected chi connectivity index (χ1v) is 9.00. The molecule has 3 rings (SSSR count). The maximum absolute atomic E-state index is 13.0. The topological polar surface area (TPSA) is 76.0 Å². The molecule has 2 aliphatic rings. The van der Waals surface area contributed by atoms with Crippen LogP contribution in [0.2, 0.25) is 0 Å². The second-order valence-electron chi connectivity index (χ2n) is 7.85. The standard InChI is InChI=1S/C21H25NO4/c1-5-26-20(25)17-12(2)22-15-10-21(3,4)11-16(24)19(15)18(17)13-6-8-14(23)9-7-13/h6-9,17-18,23H,5,10-11H2,1-4H3/t17?,18-/m1/s1. The molecule has 0 fully saturated rings. The van der Waals surface area contributed by atoms with Crippen LogP contribution in [0, 0.1) is 11.3 Å². The first-order valence-electron chi connectivity index (χ1n) is 9.00. The molecule has 1 aromatic rings. The number of carbonyl (C=O) groups excluding carboxylic acids is 2. The molecule has 0 spiro atoms. The zero-order valence-corrected chi connectivity index (χ0v) is 15.7. The van der Waals surface area contributed by atoms with Gasteiger partial charge in [0.25, 0.3) is 0 Å². The van der Waals surface area contributed by atoms with Crippen molar-refractivity contribution < 1.29 is 19.4 Å². The Bertz CT molecular complexity index is 802. The number of nitrogens with zero attached hydrogens (tertiary/aromatic N) is 1. The highest BCUT2D eigenvalue weighted by atomic mass is 16.5. The van der Waals surface area contributed by atoms with E-state index >= 15 is 0 Å². The van der Waals surface area contributed by atoms with E-state index in [1.807, 2.05) is 6.92 Å². The summed E-state index contributed by atoms with van der Waals surface area (Å²) in [6, 6.07) is 6.69. The van der Waals surface area contributed by atoms with Crippen LogP contribution in [0.5, 0.6) is 5.75 Å². The van der Waals surface area contributed by atoms with Crippen molar-refractivity contribution in [2.75, 3.05) is 6.61 Å². The van der Waals surface area contributed by atoms with Crippen LogP contribution in [0.1, 0.15) is 52.0 Å². The van der Waals surface area contributed by atoms with Gasteiger partial charge in [0.1, 0.15) is 11.7 Å². The van der Waals surface area contributed by atoms with Crippen LogP contribution in [0.25, 0.3) is 0 Å². The second-order valence-corrected chi connectivity index (χ2v) is 7.85. The number of Topliss-reactive ketones (excluding diaryl/α,β-unsaturated/α-hetero) is 1. The number of aliphatic imine (C=N–C) groups is 1. The Hall–Kier alpha value is -2.43. The summed E-state index contributed by atoms with van der Waals surface area (Å²) in [4.78, 5) is 30.3. The summed E-state index contributed by atoms with van der Waals surface area (Å²) in [7, 11) is 0. The molecule has 5 heteroatoms. The van der Waals surface area contributed by atoms with Crippen LogP contribution in [-0.2, 0) is 14.3 Å². The molecule has 1 aliphatic carbocycles. The third-order valence-corrected chi connectivity index (χ3v) is 5.09. The predicted molar refractivity (Wildman–Crippen MR) is 99.1 cm³/mol. The molecule has 1 aromatic carbocycles. The molecule has 1 unspecified atom stereocenters. The van der Waals surface area contributed by atoms with Crippen molar-refractivity contribution in [1.82, 2.24) is 0 Å². The molecular weight excluding hydrogens is 330 g/mol. The second kappa shape index (κ2) is 6.71. The zero-order valence-electron chi connectivity index (χ0n) is 15.7. The van der Waals surface area contributed by atoms with Crippen LogP contribution in [0.15, 0.2) is 40.5 Å². The average molecular weight is 355 g/mol. The lowest BCUT2D eigenvalue weighted by Crippen LogP contribution is -2.39. The monoisotopic (exact) mass is 355 g/mol. The van der Waals surface area contributed by atoms with Gasteiger partial charge in [-0.3, -0.25) is 14.6 Å². The minimum atomic E-state index is -0.622. The summed E-state index contributed by atoms with van der Waals surface area (Å²) in [5, 5.41) is 9.63. The van der Waals surface area contributed by atoms with Gasteiger partial charge in [0.05, 0.1) is 6.61 Å². The van der Waals surface area contributed by atoms with Crippen molar-refractivity contribution in [1.29, 1.82) is 0 Å². The van der Waals surface area contributed by atoms with E-state index in [0.717, 1.165) is 11.3 Å². The molecule has 2 atom stereocenters. The minimum absolute atomic E-state index is 0.0415. The molecule has 5 nitrogen and oxygen atoms in total. The molecule has 0 radical (unpaired) electrons. The molecule has 0 bridgehead atoms. The van der Waals surface area contributed by atoms with Gasteiger partial charge in [0.2, 0.25) is 0 Å². The molecule has 138 valence electrons. The molecule has 0 saturated carbocycles. The van der Waals surface area contributed by atoms with E-state index < -0.39 is 11.8 Å². The Morgan fingerprint density at radius 2 is 1.92 bits per heavy atom. The molecular formula is C21H25NO4. The lowest BCUT2D eigenvalue weighted by molar-refractivity contribution is -0.146. The Kier molecular flexibility index (Phi) is 4.74. The molecule has 1 N–H and O–H groups in total. The summed E-state index contributed by atoms with van der Waals surface area (Å²) in [6.45, 7) is 7.99. The van der Waals surface area contributed by atoms with E-state index in [9.17, 15) is 14.7 Å². The first kappa shape index (κ1) is 18.4. The maximum atomic E-state index is 13.0. The van der Waals surface area contributed by atoms with Crippen molar-refractivity contribution in [3.8, 4) is 5.75 Å². The van der Waals surface area contributed by atoms with E-state index in [0.29, 0.717) is 24.1 Å². The third-order valence-electron chi connectivity index (χ3n) is 5.09. The highest BCUT2D eigenvalue weighted by Crippen LogP contribution is 2.48. The van der Waals surface area contributed by atoms with Crippen molar-refractivity contribution in [2.24, 2.45) is 16.3 Å². The van der Waals surface area contributed by atoms with Gasteiger partial charge in [-0.1, -0.05) is 26.0 Å². The van der Waals surface area contributed by atoms with Crippen molar-refractivity contribution >= 4 is 17.5 Å². The number of hydrogen-bond donors (Lipinski definition) is 1. The zero-order chi connectivity index (χ0) is 19.1. The minimum Gasteiger partial charge on any atom is -0.508 e. The smallest absolute Gasteiger partial charge is 0.315 e. The summed E-state index contributed by atoms with van der Waals surface area (Å²) in [5.41, 5.74) is 2.75. The summed E-state index contributed by atoms with van der Waals surface area (Å²) >= 11 is 0. The number of ketones is 1. The molecule has 0 saturated heterocycles. The fraction of sp³-hybridized carbons (Fsp3) is 0.476. The Labute approximate surface area is 153 Å². The number of phenols is 1. The number of hydrogen-bond acceptors (Lipinski definition) is 5. The number of benzene rings is 1. The third kappa shape index (κ3) is 3.30. The SMILES string of the molecule is CCOC(=O)C1C(C)=NC2=C(C(=O)CC(C)(C)C2)[C@@H]1c1ccc(O)cc1. The molecule has 1 heterocycles. The first-order chi connectivity index (χ1) is 12.2. The number of allylic oxidation sites excluding steroid dienone is 2. The largest absolute Gasteiger partial charge is 0.508 e. The van der Waals surface area contributed by atoms with Crippen LogP contribution >= 0.6 is 0 Å². The lowest BCUT2D eigenvalue weighted by Gasteiger charge is -2.39. The van der Waals surface area contributed by atoms with Gasteiger partial charge >= 0.3 is 5.97 Å². The van der Waals surface area contributed by atoms with Crippen molar-refractivity contribution in [3.05, 3.63) is 41.1 Å². The van der Waals surface area contributed by atoms with E-state index in [1.54, 1.807) is 31.2 Å². The number of ether oxygens (including phenoxy) is 1. The van der Waals surface area contributed by atoms with Gasteiger partial charge in [-0.2, -0.15) is 0 Å². The highest BCUT2D eigenvalue weighted by molar-refractivity contribution is 6.09. The lowest BCUT2D eigenvalue weighted by atomic mass is 9.67. The highest BCUT2D eigenvalue weighted by Gasteiger charge is 2.45. The van der Waals surface area contributed by atoms with Gasteiger partial charge in [0, 0.05) is 29.3 Å². The van der Waals surface area contributed by atoms with E-state index in [-0.39, 0.29) is 29.5 Å². The number of phenolic OH excluding ortho intramolecular Hbond substituents is 1. The average Bonchev–Trinajstić information content (AvgIpc) is 2.53. The molecule has 26 heavy (non-hydrogen) atoms. The fourth-order valence-electron chi connectivity index (χ4n) is 4.02. The normalized spacial score (nSPS) is 24.8. The summed E-state index contributed by atoms with van der Waals surface area (Å²) < 4.78 is 5.28. The Balaban J connectivity index is 2.16. The van der Waals surface area contributed by atoms with E-state index in [1.165, 1.54) is 0 Å². The number of aromatic hydroxyl groups is 1. The van der Waals surface area contributed by atoms with Gasteiger partial charge in [-0.25, -0.2) is 0 Å². The van der Waals surface area contributed by atoms with Gasteiger partial charge in [0.15, 0.2) is 5.78 Å².